The monoisotopic (exact) mass is 243 g/mol. The summed E-state index contributed by atoms with van der Waals surface area (Å²) in [5.41, 5.74) is 9.03. The van der Waals surface area contributed by atoms with Gasteiger partial charge in [0.25, 0.3) is 0 Å². The molecule has 2 N–H and O–H groups in total. The molecule has 0 saturated carbocycles. The minimum Gasteiger partial charge on any atom is -0.397 e. The molecule has 0 fully saturated rings. The zero-order chi connectivity index (χ0) is 13.3. The Balaban J connectivity index is 2.48. The van der Waals surface area contributed by atoms with Crippen molar-refractivity contribution in [3.8, 4) is 0 Å². The van der Waals surface area contributed by atoms with Gasteiger partial charge in [0.05, 0.1) is 11.2 Å². The van der Waals surface area contributed by atoms with Crippen molar-refractivity contribution in [2.24, 2.45) is 5.41 Å². The third kappa shape index (κ3) is 2.55. The third-order valence-corrected chi connectivity index (χ3v) is 2.90. The number of pyridine rings is 1. The smallest absolute Gasteiger partial charge is 0.0951 e. The fraction of sp³-hybridized carbons (Fsp3) is 0.400. The standard InChI is InChI=1S/C15H21N3/c1-15(2,3)10-18(4)13-8-9-17-14-11(13)6-5-7-12(14)16/h5-9H,10,16H2,1-4H3. The molecule has 2 rings (SSSR count). The Morgan fingerprint density at radius 2 is 1.94 bits per heavy atom. The van der Waals surface area contributed by atoms with Crippen molar-refractivity contribution in [2.75, 3.05) is 24.2 Å². The van der Waals surface area contributed by atoms with E-state index in [-0.39, 0.29) is 5.41 Å². The molecule has 0 aliphatic rings. The largest absolute Gasteiger partial charge is 0.397 e. The van der Waals surface area contributed by atoms with Gasteiger partial charge in [-0.1, -0.05) is 32.9 Å². The van der Waals surface area contributed by atoms with Gasteiger partial charge in [-0.25, -0.2) is 0 Å². The molecule has 3 nitrogen and oxygen atoms in total. The number of nitrogens with two attached hydrogens (primary N) is 1. The van der Waals surface area contributed by atoms with Crippen LogP contribution < -0.4 is 10.6 Å². The molecular weight excluding hydrogens is 222 g/mol. The van der Waals surface area contributed by atoms with Crippen LogP contribution in [0.25, 0.3) is 10.9 Å². The third-order valence-electron chi connectivity index (χ3n) is 2.90. The molecule has 0 unspecified atom stereocenters. The summed E-state index contributed by atoms with van der Waals surface area (Å²) in [7, 11) is 2.11. The van der Waals surface area contributed by atoms with Crippen LogP contribution in [0, 0.1) is 5.41 Å². The van der Waals surface area contributed by atoms with Crippen molar-refractivity contribution in [3.63, 3.8) is 0 Å². The Morgan fingerprint density at radius 3 is 2.61 bits per heavy atom. The maximum Gasteiger partial charge on any atom is 0.0951 e. The van der Waals surface area contributed by atoms with E-state index in [1.807, 2.05) is 24.4 Å². The molecule has 0 amide bonds. The van der Waals surface area contributed by atoms with Gasteiger partial charge in [0.1, 0.15) is 0 Å². The number of hydrogen-bond acceptors (Lipinski definition) is 3. The quantitative estimate of drug-likeness (QED) is 0.823. The van der Waals surface area contributed by atoms with Crippen LogP contribution in [0.3, 0.4) is 0 Å². The molecule has 3 heteroatoms. The minimum atomic E-state index is 0.255. The molecule has 1 aromatic carbocycles. The molecule has 18 heavy (non-hydrogen) atoms. The highest BCUT2D eigenvalue weighted by Crippen LogP contribution is 2.29. The molecule has 96 valence electrons. The first-order chi connectivity index (χ1) is 8.38. The minimum absolute atomic E-state index is 0.255. The molecule has 0 saturated heterocycles. The normalized spacial score (nSPS) is 11.8. The van der Waals surface area contributed by atoms with E-state index in [2.05, 4.69) is 43.8 Å². The van der Waals surface area contributed by atoms with Gasteiger partial charge in [-0.05, 0) is 17.5 Å². The summed E-state index contributed by atoms with van der Waals surface area (Å²) in [6.45, 7) is 7.70. The number of para-hydroxylation sites is 1. The SMILES string of the molecule is CN(CC(C)(C)C)c1ccnc2c(N)cccc12. The molecule has 0 aliphatic carbocycles. The molecule has 1 aromatic heterocycles. The van der Waals surface area contributed by atoms with Crippen LogP contribution in [-0.2, 0) is 0 Å². The Hall–Kier alpha value is -1.77. The number of nitrogen functional groups attached to an aromatic ring is 1. The summed E-state index contributed by atoms with van der Waals surface area (Å²) < 4.78 is 0. The van der Waals surface area contributed by atoms with Crippen molar-refractivity contribution >= 4 is 22.3 Å². The fourth-order valence-corrected chi connectivity index (χ4v) is 2.31. The maximum absolute atomic E-state index is 5.97. The molecule has 0 bridgehead atoms. The highest BCUT2D eigenvalue weighted by Gasteiger charge is 2.16. The van der Waals surface area contributed by atoms with Gasteiger partial charge >= 0.3 is 0 Å². The van der Waals surface area contributed by atoms with Crippen LogP contribution in [-0.4, -0.2) is 18.6 Å². The summed E-state index contributed by atoms with van der Waals surface area (Å²) >= 11 is 0. The number of nitrogens with zero attached hydrogens (tertiary/aromatic N) is 2. The number of hydrogen-bond donors (Lipinski definition) is 1. The molecule has 0 radical (unpaired) electrons. The van der Waals surface area contributed by atoms with Crippen molar-refractivity contribution in [1.29, 1.82) is 0 Å². The second-order valence-corrected chi connectivity index (χ2v) is 5.99. The second-order valence-electron chi connectivity index (χ2n) is 5.99. The summed E-state index contributed by atoms with van der Waals surface area (Å²) in [4.78, 5) is 6.64. The van der Waals surface area contributed by atoms with Crippen LogP contribution in [0.4, 0.5) is 11.4 Å². The molecule has 0 spiro atoms. The average molecular weight is 243 g/mol. The summed E-state index contributed by atoms with van der Waals surface area (Å²) in [5, 5.41) is 1.12. The number of rotatable bonds is 2. The Kier molecular flexibility index (Phi) is 3.16. The summed E-state index contributed by atoms with van der Waals surface area (Å²) in [6.07, 6.45) is 1.83. The van der Waals surface area contributed by atoms with Gasteiger partial charge in [-0.15, -0.1) is 0 Å². The van der Waals surface area contributed by atoms with E-state index in [4.69, 9.17) is 5.73 Å². The number of fused-ring (bicyclic) bond motifs is 1. The maximum atomic E-state index is 5.97. The predicted molar refractivity (Wildman–Crippen MR) is 78.9 cm³/mol. The van der Waals surface area contributed by atoms with Gasteiger partial charge in [-0.2, -0.15) is 0 Å². The Bertz CT molecular complexity index is 555. The highest BCUT2D eigenvalue weighted by atomic mass is 15.1. The first-order valence-corrected chi connectivity index (χ1v) is 6.23. The summed E-state index contributed by atoms with van der Waals surface area (Å²) in [5.74, 6) is 0. The molecule has 0 aliphatic heterocycles. The van der Waals surface area contributed by atoms with Crippen LogP contribution in [0.5, 0.6) is 0 Å². The predicted octanol–water partition coefficient (Wildman–Crippen LogP) is 3.30. The number of benzene rings is 1. The van der Waals surface area contributed by atoms with Gasteiger partial charge < -0.3 is 10.6 Å². The zero-order valence-corrected chi connectivity index (χ0v) is 11.6. The summed E-state index contributed by atoms with van der Waals surface area (Å²) in [6, 6.07) is 8.00. The van der Waals surface area contributed by atoms with Crippen molar-refractivity contribution in [2.45, 2.75) is 20.8 Å². The first-order valence-electron chi connectivity index (χ1n) is 6.23. The van der Waals surface area contributed by atoms with Crippen LogP contribution in [0.1, 0.15) is 20.8 Å². The first kappa shape index (κ1) is 12.7. The van der Waals surface area contributed by atoms with E-state index in [0.29, 0.717) is 0 Å². The lowest BCUT2D eigenvalue weighted by Gasteiger charge is -2.29. The van der Waals surface area contributed by atoms with E-state index >= 15 is 0 Å². The lowest BCUT2D eigenvalue weighted by Crippen LogP contribution is -2.29. The fourth-order valence-electron chi connectivity index (χ4n) is 2.31. The van der Waals surface area contributed by atoms with Crippen LogP contribution >= 0.6 is 0 Å². The van der Waals surface area contributed by atoms with E-state index in [0.717, 1.165) is 23.1 Å². The lowest BCUT2D eigenvalue weighted by atomic mass is 9.96. The van der Waals surface area contributed by atoms with Crippen molar-refractivity contribution in [3.05, 3.63) is 30.5 Å². The Labute approximate surface area is 109 Å². The van der Waals surface area contributed by atoms with Gasteiger partial charge in [0.2, 0.25) is 0 Å². The van der Waals surface area contributed by atoms with Crippen LogP contribution in [0.2, 0.25) is 0 Å². The molecule has 0 atom stereocenters. The van der Waals surface area contributed by atoms with E-state index in [1.165, 1.54) is 5.69 Å². The average Bonchev–Trinajstić information content (AvgIpc) is 2.26. The topological polar surface area (TPSA) is 42.2 Å². The van der Waals surface area contributed by atoms with Crippen molar-refractivity contribution in [1.82, 2.24) is 4.98 Å². The lowest BCUT2D eigenvalue weighted by molar-refractivity contribution is 0.419. The molecular formula is C15H21N3. The number of anilines is 2. The number of aromatic nitrogens is 1. The van der Waals surface area contributed by atoms with Gasteiger partial charge in [-0.3, -0.25) is 4.98 Å². The van der Waals surface area contributed by atoms with Gasteiger partial charge in [0, 0.05) is 30.9 Å². The molecule has 2 aromatic rings. The highest BCUT2D eigenvalue weighted by molar-refractivity contribution is 5.97. The van der Waals surface area contributed by atoms with Crippen LogP contribution in [0.15, 0.2) is 30.5 Å². The van der Waals surface area contributed by atoms with E-state index in [9.17, 15) is 0 Å². The van der Waals surface area contributed by atoms with E-state index < -0.39 is 0 Å². The van der Waals surface area contributed by atoms with Crippen molar-refractivity contribution < 1.29 is 0 Å². The Morgan fingerprint density at radius 1 is 1.22 bits per heavy atom. The molecule has 1 heterocycles. The van der Waals surface area contributed by atoms with E-state index in [1.54, 1.807) is 0 Å². The second kappa shape index (κ2) is 4.48. The van der Waals surface area contributed by atoms with Gasteiger partial charge in [0.15, 0.2) is 0 Å². The zero-order valence-electron chi connectivity index (χ0n) is 11.6.